The zero-order chi connectivity index (χ0) is 21.7. The van der Waals surface area contributed by atoms with Crippen LogP contribution in [0.25, 0.3) is 17.1 Å². The molecule has 1 heterocycles. The van der Waals surface area contributed by atoms with E-state index in [4.69, 9.17) is 4.74 Å². The van der Waals surface area contributed by atoms with Gasteiger partial charge in [0, 0.05) is 11.7 Å². The maximum Gasteiger partial charge on any atom is 0.230 e. The second kappa shape index (κ2) is 9.80. The molecule has 1 aromatic heterocycles. The number of methoxy groups -OCH3 is 1. The molecule has 0 aliphatic carbocycles. The lowest BCUT2D eigenvalue weighted by molar-refractivity contribution is -0.119. The predicted molar refractivity (Wildman–Crippen MR) is 121 cm³/mol. The van der Waals surface area contributed by atoms with Gasteiger partial charge in [-0.3, -0.25) is 9.36 Å². The minimum Gasteiger partial charge on any atom is -0.496 e. The van der Waals surface area contributed by atoms with Gasteiger partial charge < -0.3 is 10.1 Å². The van der Waals surface area contributed by atoms with E-state index in [1.807, 2.05) is 66.9 Å². The lowest BCUT2D eigenvalue weighted by Crippen LogP contribution is -2.37. The number of hydrogen-bond donors (Lipinski definition) is 1. The van der Waals surface area contributed by atoms with Gasteiger partial charge in [0.15, 0.2) is 11.0 Å². The molecule has 1 atom stereocenters. The monoisotopic (exact) mass is 424 g/mol. The summed E-state index contributed by atoms with van der Waals surface area (Å²) in [5, 5.41) is 12.5. The fourth-order valence-electron chi connectivity index (χ4n) is 2.89. The minimum atomic E-state index is -0.0153. The molecule has 0 fully saturated rings. The van der Waals surface area contributed by atoms with E-state index in [2.05, 4.69) is 29.4 Å². The smallest absolute Gasteiger partial charge is 0.230 e. The molecule has 7 heteroatoms. The van der Waals surface area contributed by atoms with Crippen LogP contribution >= 0.6 is 11.8 Å². The molecule has 0 aliphatic rings. The Bertz CT molecular complexity index is 999. The summed E-state index contributed by atoms with van der Waals surface area (Å²) in [7, 11) is 1.64. The van der Waals surface area contributed by atoms with Crippen LogP contribution in [0.15, 0.2) is 53.7 Å². The first-order valence-corrected chi connectivity index (χ1v) is 11.0. The normalized spacial score (nSPS) is 12.1. The molecule has 158 valence electrons. The van der Waals surface area contributed by atoms with Crippen molar-refractivity contribution in [3.05, 3.63) is 54.1 Å². The Morgan fingerprint density at radius 3 is 2.47 bits per heavy atom. The van der Waals surface area contributed by atoms with E-state index in [-0.39, 0.29) is 17.7 Å². The third-order valence-electron chi connectivity index (χ3n) is 4.99. The second-order valence-electron chi connectivity index (χ2n) is 7.57. The van der Waals surface area contributed by atoms with Crippen molar-refractivity contribution in [2.75, 3.05) is 12.9 Å². The van der Waals surface area contributed by atoms with Gasteiger partial charge >= 0.3 is 0 Å². The van der Waals surface area contributed by atoms with Gasteiger partial charge in [-0.15, -0.1) is 10.2 Å². The van der Waals surface area contributed by atoms with Crippen LogP contribution < -0.4 is 10.1 Å². The number of hydrogen-bond acceptors (Lipinski definition) is 5. The van der Waals surface area contributed by atoms with Crippen LogP contribution in [0.5, 0.6) is 5.75 Å². The van der Waals surface area contributed by atoms with E-state index in [9.17, 15) is 4.79 Å². The lowest BCUT2D eigenvalue weighted by atomic mass is 10.1. The highest BCUT2D eigenvalue weighted by atomic mass is 32.2. The predicted octanol–water partition coefficient (Wildman–Crippen LogP) is 4.50. The fourth-order valence-corrected chi connectivity index (χ4v) is 3.65. The van der Waals surface area contributed by atoms with Gasteiger partial charge in [-0.05, 0) is 44.0 Å². The highest BCUT2D eigenvalue weighted by molar-refractivity contribution is 7.99. The summed E-state index contributed by atoms with van der Waals surface area (Å²) in [6.45, 7) is 8.24. The molecule has 0 spiro atoms. The summed E-state index contributed by atoms with van der Waals surface area (Å²) >= 11 is 1.37. The summed E-state index contributed by atoms with van der Waals surface area (Å²) in [5.41, 5.74) is 2.95. The first-order chi connectivity index (χ1) is 14.4. The first-order valence-electron chi connectivity index (χ1n) is 9.98. The Morgan fingerprint density at radius 2 is 1.80 bits per heavy atom. The van der Waals surface area contributed by atoms with Gasteiger partial charge in [-0.25, -0.2) is 0 Å². The number of carbonyl (C=O) groups excluding carboxylic acids is 1. The molecule has 3 aromatic rings. The summed E-state index contributed by atoms with van der Waals surface area (Å²) < 4.78 is 7.50. The third kappa shape index (κ3) is 5.02. The quantitative estimate of drug-likeness (QED) is 0.539. The highest BCUT2D eigenvalue weighted by Crippen LogP contribution is 2.33. The maximum atomic E-state index is 12.4. The zero-order valence-corrected chi connectivity index (χ0v) is 18.9. The Labute approximate surface area is 182 Å². The van der Waals surface area contributed by atoms with Crippen molar-refractivity contribution in [1.29, 1.82) is 0 Å². The summed E-state index contributed by atoms with van der Waals surface area (Å²) in [4.78, 5) is 12.4. The molecular weight excluding hydrogens is 396 g/mol. The molecule has 2 aromatic carbocycles. The SMILES string of the molecule is COc1ccccc1-c1nnc(SCC(=O)NC(C)C(C)C)n1-c1ccc(C)cc1. The maximum absolute atomic E-state index is 12.4. The molecule has 3 rings (SSSR count). The van der Waals surface area contributed by atoms with E-state index < -0.39 is 0 Å². The lowest BCUT2D eigenvalue weighted by Gasteiger charge is -2.17. The highest BCUT2D eigenvalue weighted by Gasteiger charge is 2.20. The number of nitrogens with one attached hydrogen (secondary N) is 1. The number of para-hydroxylation sites is 1. The molecule has 0 saturated carbocycles. The van der Waals surface area contributed by atoms with Gasteiger partial charge in [0.2, 0.25) is 5.91 Å². The van der Waals surface area contributed by atoms with Crippen LogP contribution in [-0.2, 0) is 4.79 Å². The van der Waals surface area contributed by atoms with Crippen molar-refractivity contribution in [1.82, 2.24) is 20.1 Å². The first kappa shape index (κ1) is 21.9. The van der Waals surface area contributed by atoms with Crippen molar-refractivity contribution in [2.24, 2.45) is 5.92 Å². The fraction of sp³-hybridized carbons (Fsp3) is 0.348. The van der Waals surface area contributed by atoms with Gasteiger partial charge in [0.25, 0.3) is 0 Å². The van der Waals surface area contributed by atoms with Crippen LogP contribution in [0.2, 0.25) is 0 Å². The Morgan fingerprint density at radius 1 is 1.10 bits per heavy atom. The minimum absolute atomic E-state index is 0.0153. The number of aromatic nitrogens is 3. The second-order valence-corrected chi connectivity index (χ2v) is 8.51. The topological polar surface area (TPSA) is 69.0 Å². The zero-order valence-electron chi connectivity index (χ0n) is 18.0. The van der Waals surface area contributed by atoms with Crippen LogP contribution in [0, 0.1) is 12.8 Å². The number of benzene rings is 2. The van der Waals surface area contributed by atoms with Crippen molar-refractivity contribution in [2.45, 2.75) is 38.9 Å². The van der Waals surface area contributed by atoms with Gasteiger partial charge in [0.1, 0.15) is 5.75 Å². The van der Waals surface area contributed by atoms with E-state index in [1.165, 1.54) is 17.3 Å². The third-order valence-corrected chi connectivity index (χ3v) is 5.92. The summed E-state index contributed by atoms with van der Waals surface area (Å²) in [6, 6.07) is 16.0. The molecule has 0 radical (unpaired) electrons. The summed E-state index contributed by atoms with van der Waals surface area (Å²) in [6.07, 6.45) is 0. The largest absolute Gasteiger partial charge is 0.496 e. The Kier molecular flexibility index (Phi) is 7.15. The van der Waals surface area contributed by atoms with Gasteiger partial charge in [0.05, 0.1) is 18.4 Å². The van der Waals surface area contributed by atoms with Gasteiger partial charge in [-0.2, -0.15) is 0 Å². The summed E-state index contributed by atoms with van der Waals surface area (Å²) in [5.74, 6) is 2.03. The Hall–Kier alpha value is -2.80. The average molecular weight is 425 g/mol. The van der Waals surface area contributed by atoms with Crippen LogP contribution in [0.3, 0.4) is 0 Å². The molecule has 1 N–H and O–H groups in total. The molecular formula is C23H28N4O2S. The molecule has 1 amide bonds. The number of rotatable bonds is 8. The average Bonchev–Trinajstić information content (AvgIpc) is 3.16. The molecule has 0 saturated heterocycles. The molecule has 1 unspecified atom stereocenters. The van der Waals surface area contributed by atoms with Crippen molar-refractivity contribution >= 4 is 17.7 Å². The molecule has 30 heavy (non-hydrogen) atoms. The van der Waals surface area contributed by atoms with Crippen molar-refractivity contribution in [3.63, 3.8) is 0 Å². The van der Waals surface area contributed by atoms with Crippen molar-refractivity contribution < 1.29 is 9.53 Å². The van der Waals surface area contributed by atoms with Gasteiger partial charge in [-0.1, -0.05) is 55.4 Å². The molecule has 0 bridgehead atoms. The van der Waals surface area contributed by atoms with E-state index >= 15 is 0 Å². The van der Waals surface area contributed by atoms with E-state index in [0.29, 0.717) is 16.9 Å². The van der Waals surface area contributed by atoms with E-state index in [0.717, 1.165) is 17.0 Å². The molecule has 6 nitrogen and oxygen atoms in total. The molecule has 0 aliphatic heterocycles. The van der Waals surface area contributed by atoms with Crippen LogP contribution in [0.1, 0.15) is 26.3 Å². The number of thioether (sulfide) groups is 1. The van der Waals surface area contributed by atoms with Crippen LogP contribution in [-0.4, -0.2) is 39.6 Å². The number of nitrogens with zero attached hydrogens (tertiary/aromatic N) is 3. The number of aryl methyl sites for hydroxylation is 1. The van der Waals surface area contributed by atoms with E-state index in [1.54, 1.807) is 7.11 Å². The number of amides is 1. The standard InChI is InChI=1S/C23H28N4O2S/c1-15(2)17(4)24-21(28)14-30-23-26-25-22(19-8-6-7-9-20(19)29-5)27(23)18-12-10-16(3)11-13-18/h6-13,15,17H,14H2,1-5H3,(H,24,28). The number of carbonyl (C=O) groups is 1. The van der Waals surface area contributed by atoms with Crippen molar-refractivity contribution in [3.8, 4) is 22.8 Å². The van der Waals surface area contributed by atoms with Crippen LogP contribution in [0.4, 0.5) is 0 Å². The number of ether oxygens (including phenoxy) is 1. The Balaban J connectivity index is 1.95.